The minimum Gasteiger partial charge on any atom is -0.455 e. The molecule has 9 atom stereocenters. The normalized spacial score (nSPS) is 32.1. The van der Waals surface area contributed by atoms with Crippen LogP contribution in [0.4, 0.5) is 0 Å². The Hall–Kier alpha value is -3.80. The molecule has 266 valence electrons. The van der Waals surface area contributed by atoms with Gasteiger partial charge in [-0.3, -0.25) is 19.2 Å². The van der Waals surface area contributed by atoms with Crippen LogP contribution in [0.2, 0.25) is 0 Å². The Morgan fingerprint density at radius 3 is 2.32 bits per heavy atom. The van der Waals surface area contributed by atoms with E-state index >= 15 is 4.79 Å². The first kappa shape index (κ1) is 36.0. The number of aliphatic hydroxyl groups is 1. The van der Waals surface area contributed by atoms with Crippen molar-refractivity contribution in [2.75, 3.05) is 20.2 Å². The number of fused-ring (bicyclic) bond motifs is 2. The molecule has 6 rings (SSSR count). The third-order valence-electron chi connectivity index (χ3n) is 11.1. The first-order valence-electron chi connectivity index (χ1n) is 17.5. The summed E-state index contributed by atoms with van der Waals surface area (Å²) in [5.74, 6) is -3.82. The van der Waals surface area contributed by atoms with Crippen LogP contribution in [0.15, 0.2) is 83.4 Å². The molecule has 5 bridgehead atoms. The molecule has 10 nitrogen and oxygen atoms in total. The van der Waals surface area contributed by atoms with Crippen LogP contribution in [0.5, 0.6) is 0 Å². The molecule has 0 saturated carbocycles. The van der Waals surface area contributed by atoms with Crippen LogP contribution in [0, 0.1) is 17.8 Å². The summed E-state index contributed by atoms with van der Waals surface area (Å²) in [6.45, 7) is 5.89. The molecule has 11 heteroatoms. The number of likely N-dealkylation sites (N-methyl/N-ethyl adjacent to an activating group) is 1. The van der Waals surface area contributed by atoms with E-state index in [4.69, 9.17) is 9.47 Å². The number of likely N-dealkylation sites (tertiary alicyclic amines) is 1. The van der Waals surface area contributed by atoms with Crippen molar-refractivity contribution in [3.8, 4) is 0 Å². The number of carbonyl (C=O) groups excluding carboxylic acids is 4. The zero-order valence-corrected chi connectivity index (χ0v) is 30.6. The van der Waals surface area contributed by atoms with Crippen molar-refractivity contribution >= 4 is 39.6 Å². The Labute approximate surface area is 302 Å². The lowest BCUT2D eigenvalue weighted by Crippen LogP contribution is -2.59. The highest BCUT2D eigenvalue weighted by Gasteiger charge is 2.75. The molecule has 0 aliphatic carbocycles. The number of ether oxygens (including phenoxy) is 2. The van der Waals surface area contributed by atoms with Crippen LogP contribution in [0.1, 0.15) is 57.3 Å². The predicted octanol–water partition coefficient (Wildman–Crippen LogP) is 4.78. The van der Waals surface area contributed by atoms with Crippen LogP contribution < -0.4 is 0 Å². The summed E-state index contributed by atoms with van der Waals surface area (Å²) in [4.78, 5) is 62.7. The molecule has 0 aromatic heterocycles. The van der Waals surface area contributed by atoms with E-state index in [9.17, 15) is 19.5 Å². The first-order chi connectivity index (χ1) is 24.0. The number of esters is 1. The van der Waals surface area contributed by atoms with E-state index in [2.05, 4.69) is 15.9 Å². The van der Waals surface area contributed by atoms with Gasteiger partial charge in [-0.15, -0.1) is 0 Å². The molecule has 2 saturated heterocycles. The summed E-state index contributed by atoms with van der Waals surface area (Å²) in [6, 6.07) is 16.5. The number of allylic oxidation sites excluding steroid dienone is 1. The molecule has 50 heavy (non-hydrogen) atoms. The number of nitrogens with zero attached hydrogens (tertiary/aromatic N) is 3. The lowest BCUT2D eigenvalue weighted by Gasteiger charge is -2.40. The Morgan fingerprint density at radius 1 is 0.980 bits per heavy atom. The average molecular weight is 749 g/mol. The number of cyclic esters (lactones) is 1. The smallest absolute Gasteiger partial charge is 0.313 e. The fourth-order valence-corrected chi connectivity index (χ4v) is 8.75. The highest BCUT2D eigenvalue weighted by Crippen LogP contribution is 2.59. The molecular formula is C39H46BrN3O7. The van der Waals surface area contributed by atoms with Gasteiger partial charge in [0.05, 0.1) is 24.6 Å². The number of benzene rings is 2. The Morgan fingerprint density at radius 2 is 1.66 bits per heavy atom. The number of hydrogen-bond donors (Lipinski definition) is 1. The Bertz CT molecular complexity index is 1650. The maximum Gasteiger partial charge on any atom is 0.313 e. The summed E-state index contributed by atoms with van der Waals surface area (Å²) in [6.07, 6.45) is 5.21. The van der Waals surface area contributed by atoms with Gasteiger partial charge in [0.15, 0.2) is 0 Å². The maximum atomic E-state index is 15.1. The fourth-order valence-electron chi connectivity index (χ4n) is 8.01. The van der Waals surface area contributed by atoms with E-state index in [0.29, 0.717) is 22.9 Å². The highest BCUT2D eigenvalue weighted by molar-refractivity contribution is 9.11. The van der Waals surface area contributed by atoms with Crippen LogP contribution in [0.25, 0.3) is 0 Å². The third kappa shape index (κ3) is 6.32. The second kappa shape index (κ2) is 14.8. The summed E-state index contributed by atoms with van der Waals surface area (Å²) in [5.41, 5.74) is 0.133. The van der Waals surface area contributed by atoms with E-state index in [-0.39, 0.29) is 43.8 Å². The first-order valence-corrected chi connectivity index (χ1v) is 18.3. The molecule has 1 N–H and O–H groups in total. The van der Waals surface area contributed by atoms with Gasteiger partial charge in [-0.25, -0.2) is 0 Å². The minimum absolute atomic E-state index is 0.112. The van der Waals surface area contributed by atoms with Crippen molar-refractivity contribution in [2.45, 2.75) is 82.5 Å². The quantitative estimate of drug-likeness (QED) is 0.320. The molecule has 2 aromatic rings. The van der Waals surface area contributed by atoms with Crippen molar-refractivity contribution in [3.05, 3.63) is 94.5 Å². The molecule has 3 amide bonds. The van der Waals surface area contributed by atoms with Crippen LogP contribution >= 0.6 is 15.9 Å². The Kier molecular flexibility index (Phi) is 10.7. The minimum atomic E-state index is -1.48. The number of amides is 3. The van der Waals surface area contributed by atoms with Crippen molar-refractivity contribution < 1.29 is 33.8 Å². The lowest BCUT2D eigenvalue weighted by atomic mass is 9.74. The molecule has 4 aliphatic rings. The van der Waals surface area contributed by atoms with E-state index in [0.717, 1.165) is 5.56 Å². The second-order valence-electron chi connectivity index (χ2n) is 13.9. The average Bonchev–Trinajstić information content (AvgIpc) is 3.72. The second-order valence-corrected chi connectivity index (χ2v) is 14.9. The SMILES string of the molecule is CC[C@H](C)[C@H](CO)N1C(=O)[C@@H]2[C@H]3C(=O)O[C@@H](c4ccccc4)[C@H](C)N(C)C(=O)CC/C=C\CN(Cc4ccccc4)C(=O)[C@@H]1[C@]21C=C(Br)[C@H]3O1. The van der Waals surface area contributed by atoms with Crippen molar-refractivity contribution in [3.63, 3.8) is 0 Å². The van der Waals surface area contributed by atoms with Gasteiger partial charge in [0, 0.05) is 31.0 Å². The highest BCUT2D eigenvalue weighted by atomic mass is 79.9. The number of halogens is 1. The van der Waals surface area contributed by atoms with E-state index in [1.807, 2.05) is 93.6 Å². The van der Waals surface area contributed by atoms with Crippen LogP contribution in [-0.4, -0.2) is 93.5 Å². The molecule has 4 heterocycles. The van der Waals surface area contributed by atoms with Crippen molar-refractivity contribution in [1.82, 2.24) is 14.7 Å². The summed E-state index contributed by atoms with van der Waals surface area (Å²) < 4.78 is 13.6. The van der Waals surface area contributed by atoms with Crippen LogP contribution in [-0.2, 0) is 35.2 Å². The molecule has 2 aromatic carbocycles. The summed E-state index contributed by atoms with van der Waals surface area (Å²) >= 11 is 3.63. The standard InChI is InChI=1S/C39H46BrN3O7/c1-5-24(2)29(23-44)43-35-37(47)42(22-26-15-9-6-10-16-26)20-14-8-13-19-30(45)41(4)25(3)33(27-17-11-7-12-18-27)49-38(48)31-32(36(43)46)39(35)21-28(40)34(31)50-39/h6-12,14-18,21,24-25,29,31-35,44H,5,13,19-20,22-23H2,1-4H3/b14-8-/t24-,25-,29-,31+,32-,33+,34+,35+,39-/m0/s1. The van der Waals surface area contributed by atoms with Crippen molar-refractivity contribution in [1.29, 1.82) is 0 Å². The van der Waals surface area contributed by atoms with Gasteiger partial charge < -0.3 is 29.3 Å². The predicted molar refractivity (Wildman–Crippen MR) is 190 cm³/mol. The molecule has 2 fully saturated rings. The van der Waals surface area contributed by atoms with Gasteiger partial charge in [-0.1, -0.05) is 109 Å². The largest absolute Gasteiger partial charge is 0.455 e. The van der Waals surface area contributed by atoms with Gasteiger partial charge in [-0.05, 0) is 36.5 Å². The van der Waals surface area contributed by atoms with Crippen LogP contribution in [0.3, 0.4) is 0 Å². The molecule has 1 spiro atoms. The lowest BCUT2D eigenvalue weighted by molar-refractivity contribution is -0.164. The summed E-state index contributed by atoms with van der Waals surface area (Å²) in [7, 11) is 1.71. The number of rotatable bonds is 7. The number of aliphatic hydroxyl groups excluding tert-OH is 1. The van der Waals surface area contributed by atoms with E-state index in [1.165, 1.54) is 4.90 Å². The van der Waals surface area contributed by atoms with Gasteiger partial charge in [0.25, 0.3) is 0 Å². The van der Waals surface area contributed by atoms with Gasteiger partial charge in [-0.2, -0.15) is 0 Å². The Balaban J connectivity index is 1.49. The molecule has 0 radical (unpaired) electrons. The van der Waals surface area contributed by atoms with E-state index < -0.39 is 59.6 Å². The monoisotopic (exact) mass is 747 g/mol. The van der Waals surface area contributed by atoms with Crippen molar-refractivity contribution in [2.24, 2.45) is 17.8 Å². The maximum absolute atomic E-state index is 15.1. The third-order valence-corrected chi connectivity index (χ3v) is 11.8. The number of hydrogen-bond acceptors (Lipinski definition) is 7. The molecular weight excluding hydrogens is 702 g/mol. The van der Waals surface area contributed by atoms with E-state index in [1.54, 1.807) is 22.9 Å². The fraction of sp³-hybridized carbons (Fsp3) is 0.487. The molecule has 4 aliphatic heterocycles. The summed E-state index contributed by atoms with van der Waals surface area (Å²) in [5, 5.41) is 10.8. The zero-order chi connectivity index (χ0) is 35.7. The van der Waals surface area contributed by atoms with Gasteiger partial charge in [0.2, 0.25) is 17.7 Å². The number of carbonyl (C=O) groups is 4. The van der Waals surface area contributed by atoms with Gasteiger partial charge >= 0.3 is 5.97 Å². The van der Waals surface area contributed by atoms with Gasteiger partial charge in [0.1, 0.15) is 29.8 Å². The topological polar surface area (TPSA) is 117 Å². The molecule has 0 unspecified atom stereocenters. The zero-order valence-electron chi connectivity index (χ0n) is 29.0.